The minimum absolute atomic E-state index is 0.651. The van der Waals surface area contributed by atoms with E-state index in [1.54, 1.807) is 14.2 Å². The fourth-order valence-corrected chi connectivity index (χ4v) is 1.83. The average Bonchev–Trinajstić information content (AvgIpc) is 2.41. The molecule has 0 N–H and O–H groups in total. The largest absolute Gasteiger partial charge is 0.493 e. The average molecular weight is 266 g/mol. The van der Waals surface area contributed by atoms with Gasteiger partial charge in [-0.3, -0.25) is 0 Å². The molecular weight excluding hydrogens is 240 g/mol. The van der Waals surface area contributed by atoms with Crippen LogP contribution in [0.2, 0.25) is 0 Å². The summed E-state index contributed by atoms with van der Waals surface area (Å²) < 4.78 is 16.1. The Morgan fingerprint density at radius 2 is 1.84 bits per heavy atom. The normalized spacial score (nSPS) is 10.8. The van der Waals surface area contributed by atoms with Crippen molar-refractivity contribution in [2.75, 3.05) is 27.4 Å². The van der Waals surface area contributed by atoms with Gasteiger partial charge in [0.2, 0.25) is 0 Å². The van der Waals surface area contributed by atoms with Gasteiger partial charge in [0.15, 0.2) is 11.5 Å². The Hall–Kier alpha value is -1.22. The monoisotopic (exact) mass is 266 g/mol. The number of benzene rings is 1. The van der Waals surface area contributed by atoms with E-state index < -0.39 is 0 Å². The Bertz CT molecular complexity index is 361. The highest BCUT2D eigenvalue weighted by Gasteiger charge is 2.06. The predicted octanol–water partition coefficient (Wildman–Crippen LogP) is 3.70. The van der Waals surface area contributed by atoms with Crippen molar-refractivity contribution >= 4 is 0 Å². The van der Waals surface area contributed by atoms with E-state index in [0.29, 0.717) is 12.5 Å². The Morgan fingerprint density at radius 1 is 1.05 bits per heavy atom. The lowest BCUT2D eigenvalue weighted by atomic mass is 10.0. The van der Waals surface area contributed by atoms with E-state index in [4.69, 9.17) is 14.2 Å². The van der Waals surface area contributed by atoms with E-state index >= 15 is 0 Å². The van der Waals surface area contributed by atoms with Crippen LogP contribution in [0.3, 0.4) is 0 Å². The maximum absolute atomic E-state index is 5.77. The van der Waals surface area contributed by atoms with Crippen LogP contribution in [0.15, 0.2) is 18.2 Å². The third-order valence-electron chi connectivity index (χ3n) is 2.99. The minimum Gasteiger partial charge on any atom is -0.493 e. The lowest BCUT2D eigenvalue weighted by molar-refractivity contribution is 0.170. The smallest absolute Gasteiger partial charge is 0.161 e. The molecule has 0 aliphatic carbocycles. The summed E-state index contributed by atoms with van der Waals surface area (Å²) in [5.41, 5.74) is 1.30. The van der Waals surface area contributed by atoms with Gasteiger partial charge >= 0.3 is 0 Å². The maximum atomic E-state index is 5.77. The van der Waals surface area contributed by atoms with Crippen LogP contribution in [-0.4, -0.2) is 27.4 Å². The van der Waals surface area contributed by atoms with Gasteiger partial charge in [0.25, 0.3) is 0 Å². The third-order valence-corrected chi connectivity index (χ3v) is 2.99. The van der Waals surface area contributed by atoms with E-state index in [9.17, 15) is 0 Å². The van der Waals surface area contributed by atoms with Gasteiger partial charge in [0, 0.05) is 20.1 Å². The van der Waals surface area contributed by atoms with Crippen molar-refractivity contribution in [3.05, 3.63) is 23.8 Å². The van der Waals surface area contributed by atoms with E-state index in [1.165, 1.54) is 12.0 Å². The highest BCUT2D eigenvalue weighted by Crippen LogP contribution is 2.29. The van der Waals surface area contributed by atoms with Crippen LogP contribution in [-0.2, 0) is 11.2 Å². The first-order valence-electron chi connectivity index (χ1n) is 6.96. The SMILES string of the molecule is COCCCOc1cc(CCC(C)C)ccc1OC. The molecule has 0 saturated heterocycles. The maximum Gasteiger partial charge on any atom is 0.161 e. The molecule has 0 atom stereocenters. The van der Waals surface area contributed by atoms with Crippen LogP contribution in [0.1, 0.15) is 32.3 Å². The second-order valence-electron chi connectivity index (χ2n) is 5.11. The third kappa shape index (κ3) is 5.97. The number of hydrogen-bond acceptors (Lipinski definition) is 3. The molecule has 0 spiro atoms. The van der Waals surface area contributed by atoms with Gasteiger partial charge < -0.3 is 14.2 Å². The van der Waals surface area contributed by atoms with Crippen molar-refractivity contribution < 1.29 is 14.2 Å². The molecule has 0 unspecified atom stereocenters. The van der Waals surface area contributed by atoms with Crippen molar-refractivity contribution in [2.24, 2.45) is 5.92 Å². The first-order valence-corrected chi connectivity index (χ1v) is 6.96. The van der Waals surface area contributed by atoms with Crippen LogP contribution < -0.4 is 9.47 Å². The molecule has 0 saturated carbocycles. The van der Waals surface area contributed by atoms with Crippen LogP contribution in [0, 0.1) is 5.92 Å². The first kappa shape index (κ1) is 15.8. The van der Waals surface area contributed by atoms with Crippen LogP contribution in [0.25, 0.3) is 0 Å². The summed E-state index contributed by atoms with van der Waals surface area (Å²) in [7, 11) is 3.37. The van der Waals surface area contributed by atoms with Crippen molar-refractivity contribution in [2.45, 2.75) is 33.1 Å². The van der Waals surface area contributed by atoms with Gasteiger partial charge in [-0.15, -0.1) is 0 Å². The lowest BCUT2D eigenvalue weighted by Crippen LogP contribution is -2.03. The van der Waals surface area contributed by atoms with Gasteiger partial charge in [-0.1, -0.05) is 19.9 Å². The minimum atomic E-state index is 0.651. The second-order valence-corrected chi connectivity index (χ2v) is 5.11. The number of hydrogen-bond donors (Lipinski definition) is 0. The summed E-state index contributed by atoms with van der Waals surface area (Å²) >= 11 is 0. The van der Waals surface area contributed by atoms with Gasteiger partial charge in [0.05, 0.1) is 13.7 Å². The van der Waals surface area contributed by atoms with E-state index in [2.05, 4.69) is 26.0 Å². The lowest BCUT2D eigenvalue weighted by Gasteiger charge is -2.13. The zero-order valence-corrected chi connectivity index (χ0v) is 12.6. The molecule has 0 fully saturated rings. The van der Waals surface area contributed by atoms with Crippen molar-refractivity contribution in [1.82, 2.24) is 0 Å². The standard InChI is InChI=1S/C16H26O3/c1-13(2)6-7-14-8-9-15(18-4)16(12-14)19-11-5-10-17-3/h8-9,12-13H,5-7,10-11H2,1-4H3. The summed E-state index contributed by atoms with van der Waals surface area (Å²) in [5.74, 6) is 2.35. The predicted molar refractivity (Wildman–Crippen MR) is 78.1 cm³/mol. The molecule has 0 aliphatic rings. The Balaban J connectivity index is 2.61. The Labute approximate surface area is 116 Å². The van der Waals surface area contributed by atoms with Gasteiger partial charge in [0.1, 0.15) is 0 Å². The topological polar surface area (TPSA) is 27.7 Å². The van der Waals surface area contributed by atoms with E-state index in [0.717, 1.165) is 30.9 Å². The molecule has 19 heavy (non-hydrogen) atoms. The number of rotatable bonds is 9. The van der Waals surface area contributed by atoms with Crippen LogP contribution >= 0.6 is 0 Å². The quantitative estimate of drug-likeness (QED) is 0.638. The summed E-state index contributed by atoms with van der Waals surface area (Å²) in [5, 5.41) is 0. The number of aryl methyl sites for hydroxylation is 1. The summed E-state index contributed by atoms with van der Waals surface area (Å²) in [6.07, 6.45) is 3.15. The Morgan fingerprint density at radius 3 is 2.47 bits per heavy atom. The zero-order chi connectivity index (χ0) is 14.1. The summed E-state index contributed by atoms with van der Waals surface area (Å²) in [6, 6.07) is 6.19. The second kappa shape index (κ2) is 8.81. The van der Waals surface area contributed by atoms with Crippen molar-refractivity contribution in [1.29, 1.82) is 0 Å². The first-order chi connectivity index (χ1) is 9.17. The number of ether oxygens (including phenoxy) is 3. The van der Waals surface area contributed by atoms with Crippen molar-refractivity contribution in [3.8, 4) is 11.5 Å². The molecule has 0 aromatic heterocycles. The molecule has 0 radical (unpaired) electrons. The number of methoxy groups -OCH3 is 2. The van der Waals surface area contributed by atoms with Gasteiger partial charge in [-0.2, -0.15) is 0 Å². The fraction of sp³-hybridized carbons (Fsp3) is 0.625. The van der Waals surface area contributed by atoms with Gasteiger partial charge in [-0.05, 0) is 36.5 Å². The molecule has 0 bridgehead atoms. The molecule has 1 rings (SSSR count). The zero-order valence-electron chi connectivity index (χ0n) is 12.6. The molecule has 3 nitrogen and oxygen atoms in total. The molecule has 1 aromatic rings. The van der Waals surface area contributed by atoms with Gasteiger partial charge in [-0.25, -0.2) is 0 Å². The van der Waals surface area contributed by atoms with E-state index in [1.807, 2.05) is 6.07 Å². The molecule has 108 valence electrons. The molecule has 0 heterocycles. The summed E-state index contributed by atoms with van der Waals surface area (Å²) in [6.45, 7) is 5.85. The van der Waals surface area contributed by atoms with E-state index in [-0.39, 0.29) is 0 Å². The molecule has 3 heteroatoms. The fourth-order valence-electron chi connectivity index (χ4n) is 1.83. The molecule has 1 aromatic carbocycles. The summed E-state index contributed by atoms with van der Waals surface area (Å²) in [4.78, 5) is 0. The van der Waals surface area contributed by atoms with Crippen LogP contribution in [0.5, 0.6) is 11.5 Å². The van der Waals surface area contributed by atoms with Crippen molar-refractivity contribution in [3.63, 3.8) is 0 Å². The van der Waals surface area contributed by atoms with Crippen LogP contribution in [0.4, 0.5) is 0 Å². The molecular formula is C16H26O3. The molecule has 0 aliphatic heterocycles. The Kier molecular flexibility index (Phi) is 7.34. The molecule has 0 amide bonds. The highest BCUT2D eigenvalue weighted by atomic mass is 16.5. The highest BCUT2D eigenvalue weighted by molar-refractivity contribution is 5.43.